The van der Waals surface area contributed by atoms with Crippen molar-refractivity contribution < 1.29 is 9.32 Å². The van der Waals surface area contributed by atoms with E-state index in [0.717, 1.165) is 89.9 Å². The minimum absolute atomic E-state index is 0.0594. The Hall–Kier alpha value is -4.67. The third-order valence-corrected chi connectivity index (χ3v) is 11.8. The number of carbonyl (C=O) groups is 1. The lowest BCUT2D eigenvalue weighted by molar-refractivity contribution is 0.0989. The third-order valence-electron chi connectivity index (χ3n) is 10.7. The van der Waals surface area contributed by atoms with E-state index < -0.39 is 5.41 Å². The van der Waals surface area contributed by atoms with Crippen molar-refractivity contribution in [2.45, 2.75) is 82.2 Å². The molecule has 9 rings (SSSR count). The molecule has 4 aliphatic rings. The lowest BCUT2D eigenvalue weighted by Crippen LogP contribution is -2.33. The molecule has 0 amide bonds. The molecule has 0 aromatic carbocycles. The van der Waals surface area contributed by atoms with Crippen molar-refractivity contribution in [2.75, 3.05) is 26.4 Å². The summed E-state index contributed by atoms with van der Waals surface area (Å²) < 4.78 is 10.1. The zero-order valence-corrected chi connectivity index (χ0v) is 28.1. The Labute approximate surface area is 281 Å². The van der Waals surface area contributed by atoms with E-state index >= 15 is 0 Å². The molecule has 1 saturated heterocycles. The van der Waals surface area contributed by atoms with Gasteiger partial charge in [0, 0.05) is 65.5 Å². The summed E-state index contributed by atoms with van der Waals surface area (Å²) in [5.74, 6) is 8.89. The number of likely N-dealkylation sites (N-methyl/N-ethyl adjacent to an activating group) is 1. The quantitative estimate of drug-likeness (QED) is 0.209. The lowest BCUT2D eigenvalue weighted by Gasteiger charge is -2.31. The summed E-state index contributed by atoms with van der Waals surface area (Å²) in [7, 11) is 3.94. The van der Waals surface area contributed by atoms with Gasteiger partial charge in [0.2, 0.25) is 0 Å². The van der Waals surface area contributed by atoms with Crippen LogP contribution in [0.5, 0.6) is 0 Å². The highest BCUT2D eigenvalue weighted by Crippen LogP contribution is 2.51. The maximum Gasteiger partial charge on any atom is 0.186 e. The predicted octanol–water partition coefficient (Wildman–Crippen LogP) is 4.72. The normalized spacial score (nSPS) is 22.6. The van der Waals surface area contributed by atoms with E-state index in [0.29, 0.717) is 47.6 Å². The van der Waals surface area contributed by atoms with Crippen molar-refractivity contribution in [3.05, 3.63) is 51.0 Å². The Morgan fingerprint density at radius 1 is 1.21 bits per heavy atom. The van der Waals surface area contributed by atoms with Gasteiger partial charge in [0.25, 0.3) is 0 Å². The second-order valence-corrected chi connectivity index (χ2v) is 14.6. The van der Waals surface area contributed by atoms with Gasteiger partial charge in [0.05, 0.1) is 22.6 Å². The summed E-state index contributed by atoms with van der Waals surface area (Å²) in [5, 5.41) is 15.8. The molecule has 0 bridgehead atoms. The van der Waals surface area contributed by atoms with Gasteiger partial charge in [0.1, 0.15) is 11.1 Å². The van der Waals surface area contributed by atoms with Gasteiger partial charge < -0.3 is 15.2 Å². The number of nitrogens with zero attached hydrogens (tertiary/aromatic N) is 9. The van der Waals surface area contributed by atoms with E-state index in [1.807, 2.05) is 23.3 Å². The Bertz CT molecular complexity index is 2230. The third kappa shape index (κ3) is 4.21. The van der Waals surface area contributed by atoms with Gasteiger partial charge >= 0.3 is 0 Å². The number of carbonyl (C=O) groups excluding carboxylic acids is 1. The number of hydrogen-bond acceptors (Lipinski definition) is 11. The average Bonchev–Trinajstić information content (AvgIpc) is 3.93. The second kappa shape index (κ2) is 10.9. The highest BCUT2D eigenvalue weighted by molar-refractivity contribution is 7.16. The molecular weight excluding hydrogens is 625 g/mol. The van der Waals surface area contributed by atoms with Crippen molar-refractivity contribution in [1.82, 2.24) is 39.6 Å². The van der Waals surface area contributed by atoms with Crippen molar-refractivity contribution in [2.24, 2.45) is 4.99 Å². The number of anilines is 1. The first-order chi connectivity index (χ1) is 23.4. The number of rotatable bonds is 5. The van der Waals surface area contributed by atoms with Gasteiger partial charge in [-0.3, -0.25) is 9.79 Å². The van der Waals surface area contributed by atoms with Crippen LogP contribution < -0.4 is 5.73 Å². The molecule has 0 radical (unpaired) electrons. The molecule has 3 aliphatic carbocycles. The molecule has 3 atom stereocenters. The highest BCUT2D eigenvalue weighted by Gasteiger charge is 2.47. The van der Waals surface area contributed by atoms with Crippen LogP contribution in [0.4, 0.5) is 5.00 Å². The molecule has 13 heteroatoms. The molecule has 1 spiro atoms. The van der Waals surface area contributed by atoms with E-state index in [2.05, 4.69) is 35.7 Å². The number of hydrogen-bond donors (Lipinski definition) is 1. The smallest absolute Gasteiger partial charge is 0.186 e. The van der Waals surface area contributed by atoms with E-state index in [4.69, 9.17) is 35.6 Å². The van der Waals surface area contributed by atoms with Crippen LogP contribution in [0.15, 0.2) is 21.9 Å². The summed E-state index contributed by atoms with van der Waals surface area (Å²) in [5.41, 5.74) is 11.6. The summed E-state index contributed by atoms with van der Waals surface area (Å²) in [6.07, 6.45) is 13.1. The fourth-order valence-electron chi connectivity index (χ4n) is 8.42. The molecule has 0 saturated carbocycles. The molecule has 5 aromatic heterocycles. The van der Waals surface area contributed by atoms with Crippen LogP contribution in [0, 0.1) is 11.8 Å². The van der Waals surface area contributed by atoms with Crippen molar-refractivity contribution in [3.8, 4) is 29.2 Å². The zero-order valence-electron chi connectivity index (χ0n) is 27.3. The fourth-order valence-corrected chi connectivity index (χ4v) is 9.54. The first-order valence-electron chi connectivity index (χ1n) is 16.8. The van der Waals surface area contributed by atoms with Crippen LogP contribution in [-0.4, -0.2) is 78.3 Å². The fraction of sp³-hybridized carbons (Fsp3) is 0.457. The number of aromatic nitrogens is 7. The molecule has 2 N–H and O–H groups in total. The number of aryl methyl sites for hydroxylation is 2. The molecule has 12 nitrogen and oxygen atoms in total. The second-order valence-electron chi connectivity index (χ2n) is 13.5. The topological polar surface area (TPSA) is 146 Å². The Morgan fingerprint density at radius 2 is 2.10 bits per heavy atom. The largest absolute Gasteiger partial charge is 0.390 e. The molecule has 244 valence electrons. The number of ketones is 1. The van der Waals surface area contributed by atoms with Crippen LogP contribution in [-0.2, 0) is 24.7 Å². The molecule has 0 unspecified atom stereocenters. The van der Waals surface area contributed by atoms with Crippen molar-refractivity contribution >= 4 is 39.4 Å². The summed E-state index contributed by atoms with van der Waals surface area (Å²) in [6, 6.07) is 0.411. The number of Topliss-reactive ketones (excluding diaryl/α,β-unsaturated/α-hetero) is 1. The summed E-state index contributed by atoms with van der Waals surface area (Å²) in [4.78, 5) is 30.9. The average molecular weight is 661 g/mol. The van der Waals surface area contributed by atoms with E-state index in [-0.39, 0.29) is 11.8 Å². The monoisotopic (exact) mass is 660 g/mol. The number of aliphatic imine (C=N–C) groups is 1. The Kier molecular flexibility index (Phi) is 6.71. The Morgan fingerprint density at radius 3 is 2.92 bits per heavy atom. The molecule has 5 aromatic rings. The first kappa shape index (κ1) is 29.5. The van der Waals surface area contributed by atoms with Gasteiger partial charge in [-0.25, -0.2) is 19.3 Å². The van der Waals surface area contributed by atoms with Gasteiger partial charge in [-0.2, -0.15) is 10.2 Å². The number of fused-ring (bicyclic) bond motifs is 6. The SMILES string of the molecule is CN=Cc1c(N)sc2c1[C@@]1(C#CCC2)CCCc2c(-c3nc(-n4cc5c(n4)C(=O)CC5)c4cnn([C@@H](C)[C@@H]5CCCN5C)c4n3)noc21. The number of nitrogens with two attached hydrogens (primary N) is 1. The van der Waals surface area contributed by atoms with Gasteiger partial charge in [-0.05, 0) is 65.5 Å². The van der Waals surface area contributed by atoms with Crippen LogP contribution in [0.2, 0.25) is 0 Å². The van der Waals surface area contributed by atoms with Crippen LogP contribution >= 0.6 is 11.3 Å². The number of likely N-dealkylation sites (tertiary alicyclic amines) is 1. The first-order valence-corrected chi connectivity index (χ1v) is 17.6. The molecule has 1 fully saturated rings. The summed E-state index contributed by atoms with van der Waals surface area (Å²) in [6.45, 7) is 3.26. The summed E-state index contributed by atoms with van der Waals surface area (Å²) >= 11 is 1.62. The van der Waals surface area contributed by atoms with Gasteiger partial charge in [-0.1, -0.05) is 11.1 Å². The van der Waals surface area contributed by atoms with Crippen molar-refractivity contribution in [3.63, 3.8) is 0 Å². The van der Waals surface area contributed by atoms with E-state index in [1.54, 1.807) is 23.1 Å². The Balaban J connectivity index is 1.25. The highest BCUT2D eigenvalue weighted by atomic mass is 32.1. The van der Waals surface area contributed by atoms with Crippen LogP contribution in [0.1, 0.15) is 94.9 Å². The van der Waals surface area contributed by atoms with E-state index in [9.17, 15) is 4.79 Å². The number of nitrogen functional groups attached to an aromatic ring is 1. The zero-order chi connectivity index (χ0) is 32.7. The van der Waals surface area contributed by atoms with Crippen LogP contribution in [0.25, 0.3) is 28.4 Å². The van der Waals surface area contributed by atoms with Gasteiger partial charge in [-0.15, -0.1) is 17.3 Å². The molecule has 1 aliphatic heterocycles. The minimum Gasteiger partial charge on any atom is -0.390 e. The lowest BCUT2D eigenvalue weighted by atomic mass is 9.68. The van der Waals surface area contributed by atoms with Crippen molar-refractivity contribution in [1.29, 1.82) is 0 Å². The van der Waals surface area contributed by atoms with Crippen LogP contribution in [0.3, 0.4) is 0 Å². The van der Waals surface area contributed by atoms with E-state index in [1.165, 1.54) is 4.88 Å². The maximum absolute atomic E-state index is 12.6. The predicted molar refractivity (Wildman–Crippen MR) is 183 cm³/mol. The number of thiophene rings is 1. The molecular formula is C35H36N10O2S. The minimum atomic E-state index is -0.686. The standard InChI is InChI=1S/C35H36N10O2S/c1-19(24-9-7-15-43(24)3)45-34-23(17-38-45)33(44-18-20-11-12-25(46)28(20)41-44)39-32(40-34)29-21-8-6-14-35(30(21)47-42-29)13-5-4-10-26-27(35)22(16-37-2)31(36)48-26/h16-19,24H,4,6-12,14-15,36H2,1-3H3/t19-,24-,35+/m0/s1. The van der Waals surface area contributed by atoms with Gasteiger partial charge in [0.15, 0.2) is 34.5 Å². The molecule has 6 heterocycles. The maximum atomic E-state index is 12.6. The molecule has 48 heavy (non-hydrogen) atoms.